The van der Waals surface area contributed by atoms with Crippen molar-refractivity contribution in [3.63, 3.8) is 0 Å². The number of hydrogen-bond acceptors (Lipinski definition) is 2. The maximum atomic E-state index is 5.25. The van der Waals surface area contributed by atoms with Crippen molar-refractivity contribution in [2.24, 2.45) is 0 Å². The van der Waals surface area contributed by atoms with Gasteiger partial charge in [0.15, 0.2) is 0 Å². The normalized spacial score (nSPS) is 6.00. The van der Waals surface area contributed by atoms with Gasteiger partial charge in [0.25, 0.3) is 0 Å². The molecule has 10 heavy (non-hydrogen) atoms. The van der Waals surface area contributed by atoms with Crippen LogP contribution in [0.1, 0.15) is 0 Å². The van der Waals surface area contributed by atoms with Gasteiger partial charge >= 0.3 is 0 Å². The van der Waals surface area contributed by atoms with E-state index in [9.17, 15) is 0 Å². The van der Waals surface area contributed by atoms with Crippen molar-refractivity contribution in [3.05, 3.63) is 24.4 Å². The highest BCUT2D eigenvalue weighted by atomic mass is 79.9. The van der Waals surface area contributed by atoms with Crippen LogP contribution in [0, 0.1) is 0 Å². The number of rotatable bonds is 0. The largest absolute Gasteiger partial charge is 0.384 e. The molecule has 1 rings (SSSR count). The first-order valence-electron chi connectivity index (χ1n) is 2.06. The molecule has 0 spiro atoms. The molecule has 0 aliphatic heterocycles. The molecule has 0 fully saturated rings. The Balaban J connectivity index is -0.000000163. The fourth-order valence-corrected chi connectivity index (χ4v) is 0.376. The third-order valence-corrected chi connectivity index (χ3v) is 0.688. The number of aromatic nitrogens is 1. The first-order chi connectivity index (χ1) is 3.39. The molecule has 2 N–H and O–H groups in total. The summed E-state index contributed by atoms with van der Waals surface area (Å²) in [6.45, 7) is 0. The van der Waals surface area contributed by atoms with Crippen molar-refractivity contribution in [1.29, 1.82) is 0 Å². The van der Waals surface area contributed by atoms with Crippen LogP contribution in [-0.2, 0) is 0 Å². The van der Waals surface area contributed by atoms with Crippen molar-refractivity contribution in [2.45, 2.75) is 0 Å². The van der Waals surface area contributed by atoms with E-state index in [1.54, 1.807) is 12.3 Å². The second kappa shape index (κ2) is 9.39. The molecule has 0 aliphatic rings. The summed E-state index contributed by atoms with van der Waals surface area (Å²) in [4.78, 5) is 3.76. The Morgan fingerprint density at radius 3 is 1.90 bits per heavy atom. The van der Waals surface area contributed by atoms with Crippen molar-refractivity contribution < 1.29 is 0 Å². The molecule has 0 aliphatic carbocycles. The highest BCUT2D eigenvalue weighted by Crippen LogP contribution is 1.89. The molecule has 0 saturated heterocycles. The highest BCUT2D eigenvalue weighted by molar-refractivity contribution is 8.93. The smallest absolute Gasteiger partial charge is 0.123 e. The lowest BCUT2D eigenvalue weighted by atomic mass is 10.5. The summed E-state index contributed by atoms with van der Waals surface area (Å²) in [6, 6.07) is 5.43. The van der Waals surface area contributed by atoms with Gasteiger partial charge in [0.1, 0.15) is 5.82 Å². The fraction of sp³-hybridized carbons (Fsp3) is 0. The summed E-state index contributed by atoms with van der Waals surface area (Å²) in [5.41, 5.74) is 5.25. The number of nitrogen functional groups attached to an aromatic ring is 1. The van der Waals surface area contributed by atoms with E-state index in [0.717, 1.165) is 0 Å². The highest BCUT2D eigenvalue weighted by Gasteiger charge is 1.73. The van der Waals surface area contributed by atoms with Crippen LogP contribution in [0.4, 0.5) is 5.82 Å². The minimum atomic E-state index is 0. The van der Waals surface area contributed by atoms with Crippen LogP contribution < -0.4 is 5.73 Å². The Labute approximate surface area is 91.5 Å². The number of pyridine rings is 1. The van der Waals surface area contributed by atoms with Gasteiger partial charge in [0, 0.05) is 6.20 Å². The van der Waals surface area contributed by atoms with Crippen LogP contribution in [-0.4, -0.2) is 4.98 Å². The minimum Gasteiger partial charge on any atom is -0.384 e. The molecule has 2 nitrogen and oxygen atoms in total. The quantitative estimate of drug-likeness (QED) is 0.790. The Hall–Kier alpha value is 0.390. The zero-order valence-electron chi connectivity index (χ0n) is 5.06. The lowest BCUT2D eigenvalue weighted by Gasteiger charge is -1.82. The van der Waals surface area contributed by atoms with E-state index in [-0.39, 0.29) is 50.9 Å². The van der Waals surface area contributed by atoms with Crippen molar-refractivity contribution in [3.8, 4) is 0 Å². The Kier molecular flexibility index (Phi) is 15.8. The molecule has 0 amide bonds. The van der Waals surface area contributed by atoms with Crippen LogP contribution in [0.2, 0.25) is 0 Å². The Bertz CT molecular complexity index is 145. The molecule has 0 aromatic carbocycles. The van der Waals surface area contributed by atoms with Gasteiger partial charge in [-0.2, -0.15) is 0 Å². The van der Waals surface area contributed by atoms with E-state index in [4.69, 9.17) is 5.73 Å². The lowest BCUT2D eigenvalue weighted by molar-refractivity contribution is 1.34. The molecule has 1 aromatic heterocycles. The molecule has 0 radical (unpaired) electrons. The summed E-state index contributed by atoms with van der Waals surface area (Å²) in [7, 11) is 0. The van der Waals surface area contributed by atoms with Crippen LogP contribution >= 0.6 is 50.9 Å². The maximum absolute atomic E-state index is 5.25. The van der Waals surface area contributed by atoms with E-state index in [1.807, 2.05) is 12.1 Å². The van der Waals surface area contributed by atoms with Crippen LogP contribution in [0.3, 0.4) is 0 Å². The van der Waals surface area contributed by atoms with E-state index >= 15 is 0 Å². The number of hydrogen-bond donors (Lipinski definition) is 1. The molecule has 0 atom stereocenters. The lowest BCUT2D eigenvalue weighted by Crippen LogP contribution is -1.85. The standard InChI is InChI=1S/C5H6N2.3BrH/c6-5-3-1-2-4-7-5;;;/h1-4H,(H2,6,7);3*1H. The van der Waals surface area contributed by atoms with Gasteiger partial charge in [0.05, 0.1) is 0 Å². The zero-order chi connectivity index (χ0) is 5.11. The monoisotopic (exact) mass is 334 g/mol. The number of halogens is 3. The predicted molar refractivity (Wildman–Crippen MR) is 59.6 cm³/mol. The summed E-state index contributed by atoms with van der Waals surface area (Å²) >= 11 is 0. The molecule has 0 saturated carbocycles. The first kappa shape index (κ1) is 16.8. The minimum absolute atomic E-state index is 0. The average molecular weight is 337 g/mol. The maximum Gasteiger partial charge on any atom is 0.123 e. The Morgan fingerprint density at radius 1 is 1.10 bits per heavy atom. The van der Waals surface area contributed by atoms with E-state index < -0.39 is 0 Å². The van der Waals surface area contributed by atoms with Crippen LogP contribution in [0.5, 0.6) is 0 Å². The van der Waals surface area contributed by atoms with E-state index in [0.29, 0.717) is 5.82 Å². The summed E-state index contributed by atoms with van der Waals surface area (Å²) in [6.07, 6.45) is 1.66. The Morgan fingerprint density at radius 2 is 1.70 bits per heavy atom. The molecule has 1 heterocycles. The molecule has 0 bridgehead atoms. The third-order valence-electron chi connectivity index (χ3n) is 0.688. The van der Waals surface area contributed by atoms with Crippen LogP contribution in [0.25, 0.3) is 0 Å². The number of nitrogens with two attached hydrogens (primary N) is 1. The molecule has 5 heteroatoms. The van der Waals surface area contributed by atoms with Gasteiger partial charge < -0.3 is 5.73 Å². The number of anilines is 1. The average Bonchev–Trinajstić information content (AvgIpc) is 1.69. The summed E-state index contributed by atoms with van der Waals surface area (Å²) < 4.78 is 0. The second-order valence-corrected chi connectivity index (χ2v) is 1.25. The number of nitrogens with zero attached hydrogens (tertiary/aromatic N) is 1. The van der Waals surface area contributed by atoms with E-state index in [2.05, 4.69) is 4.98 Å². The molecular formula is C5H9Br3N2. The van der Waals surface area contributed by atoms with Crippen molar-refractivity contribution in [1.82, 2.24) is 4.98 Å². The SMILES string of the molecule is Br.Br.Br.Nc1ccccn1. The van der Waals surface area contributed by atoms with Gasteiger partial charge in [-0.15, -0.1) is 50.9 Å². The molecule has 0 unspecified atom stereocenters. The van der Waals surface area contributed by atoms with Gasteiger partial charge in [-0.1, -0.05) is 6.07 Å². The predicted octanol–water partition coefficient (Wildman–Crippen LogP) is 2.40. The van der Waals surface area contributed by atoms with Crippen molar-refractivity contribution in [2.75, 3.05) is 5.73 Å². The van der Waals surface area contributed by atoms with Gasteiger partial charge in [0.2, 0.25) is 0 Å². The first-order valence-corrected chi connectivity index (χ1v) is 2.06. The van der Waals surface area contributed by atoms with E-state index in [1.165, 1.54) is 0 Å². The zero-order valence-corrected chi connectivity index (χ0v) is 10.2. The summed E-state index contributed by atoms with van der Waals surface area (Å²) in [5.74, 6) is 0.572. The van der Waals surface area contributed by atoms with Gasteiger partial charge in [-0.3, -0.25) is 0 Å². The molecule has 1 aromatic rings. The molecular weight excluding hydrogens is 328 g/mol. The molecule has 60 valence electrons. The summed E-state index contributed by atoms with van der Waals surface area (Å²) in [5, 5.41) is 0. The van der Waals surface area contributed by atoms with Crippen molar-refractivity contribution >= 4 is 56.8 Å². The van der Waals surface area contributed by atoms with Gasteiger partial charge in [-0.05, 0) is 12.1 Å². The fourth-order valence-electron chi connectivity index (χ4n) is 0.376. The van der Waals surface area contributed by atoms with Gasteiger partial charge in [-0.25, -0.2) is 4.98 Å². The van der Waals surface area contributed by atoms with Crippen LogP contribution in [0.15, 0.2) is 24.4 Å². The third kappa shape index (κ3) is 6.51. The second-order valence-electron chi connectivity index (χ2n) is 1.25. The topological polar surface area (TPSA) is 38.9 Å².